The third kappa shape index (κ3) is 19.2. The van der Waals surface area contributed by atoms with Gasteiger partial charge in [0.1, 0.15) is 18.4 Å². The Labute approximate surface area is 247 Å². The maximum atomic E-state index is 13.0. The van der Waals surface area contributed by atoms with Gasteiger partial charge in [-0.05, 0) is 43.5 Å². The first-order chi connectivity index (χ1) is 20.0. The van der Waals surface area contributed by atoms with Gasteiger partial charge in [-0.3, -0.25) is 14.4 Å². The summed E-state index contributed by atoms with van der Waals surface area (Å²) in [5.41, 5.74) is 0.398. The number of unbranched alkanes of at least 4 members (excludes halogenated alkanes) is 10. The van der Waals surface area contributed by atoms with Gasteiger partial charge in [-0.25, -0.2) is 0 Å². The van der Waals surface area contributed by atoms with E-state index in [1.165, 1.54) is 44.9 Å². The number of amides is 3. The molecular formula is C32H55N3O6. The van der Waals surface area contributed by atoms with E-state index >= 15 is 0 Å². The van der Waals surface area contributed by atoms with Gasteiger partial charge in [0.05, 0.1) is 19.8 Å². The molecule has 1 atom stereocenters. The first kappa shape index (κ1) is 36.4. The van der Waals surface area contributed by atoms with E-state index in [1.54, 1.807) is 24.3 Å². The molecule has 1 aromatic rings. The average molecular weight is 578 g/mol. The summed E-state index contributed by atoms with van der Waals surface area (Å²) in [5, 5.41) is 17.5. The predicted molar refractivity (Wildman–Crippen MR) is 163 cm³/mol. The monoisotopic (exact) mass is 577 g/mol. The molecule has 0 aliphatic rings. The molecular weight excluding hydrogens is 522 g/mol. The van der Waals surface area contributed by atoms with Crippen LogP contribution in [0.1, 0.15) is 114 Å². The Morgan fingerprint density at radius 2 is 1.34 bits per heavy atom. The highest BCUT2D eigenvalue weighted by molar-refractivity contribution is 5.97. The molecule has 234 valence electrons. The smallest absolute Gasteiger partial charge is 0.251 e. The maximum absolute atomic E-state index is 13.0. The van der Waals surface area contributed by atoms with Gasteiger partial charge >= 0.3 is 0 Å². The minimum Gasteiger partial charge on any atom is -0.491 e. The van der Waals surface area contributed by atoms with Crippen molar-refractivity contribution in [3.63, 3.8) is 0 Å². The molecule has 1 unspecified atom stereocenters. The van der Waals surface area contributed by atoms with E-state index in [0.717, 1.165) is 32.1 Å². The lowest BCUT2D eigenvalue weighted by Crippen LogP contribution is -2.47. The topological polar surface area (TPSA) is 126 Å². The average Bonchev–Trinajstić information content (AvgIpc) is 2.98. The zero-order valence-corrected chi connectivity index (χ0v) is 25.5. The van der Waals surface area contributed by atoms with Crippen molar-refractivity contribution in [1.29, 1.82) is 0 Å². The standard InChI is InChI=1S/C32H55N3O6/c1-3-5-7-9-11-13-21-33-30(37)20-19-29(32(39)34-22-14-12-10-8-6-4-2)35-31(38)27-15-17-28(18-16-27)41-26-25-40-24-23-36/h15-18,29,36H,3-14,19-26H2,1-2H3,(H,33,37)(H,34,39)(H,35,38). The van der Waals surface area contributed by atoms with Crippen molar-refractivity contribution in [3.05, 3.63) is 29.8 Å². The zero-order valence-electron chi connectivity index (χ0n) is 25.5. The first-order valence-corrected chi connectivity index (χ1v) is 15.8. The van der Waals surface area contributed by atoms with Gasteiger partial charge in [-0.1, -0.05) is 78.1 Å². The van der Waals surface area contributed by atoms with E-state index in [1.807, 2.05) is 0 Å². The fourth-order valence-electron chi connectivity index (χ4n) is 4.34. The number of rotatable bonds is 26. The van der Waals surface area contributed by atoms with Crippen LogP contribution in [0.4, 0.5) is 0 Å². The molecule has 1 aromatic carbocycles. The Kier molecular flexibility index (Phi) is 22.3. The lowest BCUT2D eigenvalue weighted by atomic mass is 10.1. The van der Waals surface area contributed by atoms with Gasteiger partial charge in [0.15, 0.2) is 0 Å². The summed E-state index contributed by atoms with van der Waals surface area (Å²) in [5.74, 6) is -0.163. The highest BCUT2D eigenvalue weighted by atomic mass is 16.5. The Bertz CT molecular complexity index is 818. The molecule has 0 radical (unpaired) electrons. The van der Waals surface area contributed by atoms with E-state index in [-0.39, 0.29) is 43.8 Å². The summed E-state index contributed by atoms with van der Waals surface area (Å²) in [6.45, 7) is 6.46. The van der Waals surface area contributed by atoms with Crippen molar-refractivity contribution < 1.29 is 29.0 Å². The number of ether oxygens (including phenoxy) is 2. The minimum absolute atomic E-state index is 0.0360. The van der Waals surface area contributed by atoms with Gasteiger partial charge in [0, 0.05) is 25.1 Å². The van der Waals surface area contributed by atoms with E-state index < -0.39 is 6.04 Å². The predicted octanol–water partition coefficient (Wildman–Crippen LogP) is 4.91. The molecule has 0 fully saturated rings. The van der Waals surface area contributed by atoms with Gasteiger partial charge in [-0.2, -0.15) is 0 Å². The van der Waals surface area contributed by atoms with E-state index in [9.17, 15) is 14.4 Å². The zero-order chi connectivity index (χ0) is 30.0. The summed E-state index contributed by atoms with van der Waals surface area (Å²) >= 11 is 0. The molecule has 41 heavy (non-hydrogen) atoms. The van der Waals surface area contributed by atoms with Crippen molar-refractivity contribution in [1.82, 2.24) is 16.0 Å². The second-order valence-electron chi connectivity index (χ2n) is 10.5. The number of carbonyl (C=O) groups is 3. The SMILES string of the molecule is CCCCCCCCNC(=O)CCC(NC(=O)c1ccc(OCCOCCO)cc1)C(=O)NCCCCCCCC. The Balaban J connectivity index is 2.58. The third-order valence-corrected chi connectivity index (χ3v) is 6.81. The number of aliphatic hydroxyl groups excluding tert-OH is 1. The van der Waals surface area contributed by atoms with Crippen LogP contribution in [-0.4, -0.2) is 68.4 Å². The molecule has 0 aromatic heterocycles. The van der Waals surface area contributed by atoms with Gasteiger partial charge in [0.2, 0.25) is 11.8 Å². The molecule has 0 heterocycles. The van der Waals surface area contributed by atoms with E-state index in [2.05, 4.69) is 29.8 Å². The van der Waals surface area contributed by atoms with Crippen molar-refractivity contribution in [3.8, 4) is 5.75 Å². The molecule has 0 spiro atoms. The molecule has 0 bridgehead atoms. The van der Waals surface area contributed by atoms with Gasteiger partial charge in [0.25, 0.3) is 5.91 Å². The van der Waals surface area contributed by atoms with Crippen molar-refractivity contribution >= 4 is 17.7 Å². The molecule has 1 rings (SSSR count). The number of nitrogens with one attached hydrogen (secondary N) is 3. The number of aliphatic hydroxyl groups is 1. The Hall–Kier alpha value is -2.65. The summed E-state index contributed by atoms with van der Waals surface area (Å²) in [6.07, 6.45) is 14.0. The normalized spacial score (nSPS) is 11.6. The summed E-state index contributed by atoms with van der Waals surface area (Å²) < 4.78 is 10.7. The number of hydrogen-bond donors (Lipinski definition) is 4. The van der Waals surface area contributed by atoms with Crippen molar-refractivity contribution in [2.45, 2.75) is 110 Å². The Morgan fingerprint density at radius 3 is 1.95 bits per heavy atom. The molecule has 0 aliphatic carbocycles. The molecule has 0 saturated carbocycles. The molecule has 3 amide bonds. The van der Waals surface area contributed by atoms with Crippen LogP contribution in [0.25, 0.3) is 0 Å². The lowest BCUT2D eigenvalue weighted by molar-refractivity contribution is -0.124. The number of benzene rings is 1. The first-order valence-electron chi connectivity index (χ1n) is 15.8. The fraction of sp³-hybridized carbons (Fsp3) is 0.719. The van der Waals surface area contributed by atoms with Crippen molar-refractivity contribution in [2.24, 2.45) is 0 Å². The maximum Gasteiger partial charge on any atom is 0.251 e. The second kappa shape index (κ2) is 25.1. The summed E-state index contributed by atoms with van der Waals surface area (Å²) in [7, 11) is 0. The lowest BCUT2D eigenvalue weighted by Gasteiger charge is -2.19. The van der Waals surface area contributed by atoms with Crippen LogP contribution in [0.5, 0.6) is 5.75 Å². The quantitative estimate of drug-likeness (QED) is 0.116. The third-order valence-electron chi connectivity index (χ3n) is 6.81. The summed E-state index contributed by atoms with van der Waals surface area (Å²) in [6, 6.07) is 5.84. The van der Waals surface area contributed by atoms with Crippen LogP contribution in [-0.2, 0) is 14.3 Å². The fourth-order valence-corrected chi connectivity index (χ4v) is 4.34. The van der Waals surface area contributed by atoms with Gasteiger partial charge in [-0.15, -0.1) is 0 Å². The van der Waals surface area contributed by atoms with Gasteiger partial charge < -0.3 is 30.5 Å². The molecule has 9 heteroatoms. The largest absolute Gasteiger partial charge is 0.491 e. The molecule has 0 aliphatic heterocycles. The van der Waals surface area contributed by atoms with Crippen LogP contribution in [0.15, 0.2) is 24.3 Å². The molecule has 0 saturated heterocycles. The van der Waals surface area contributed by atoms with Crippen LogP contribution in [0.3, 0.4) is 0 Å². The number of hydrogen-bond acceptors (Lipinski definition) is 6. The van der Waals surface area contributed by atoms with E-state index in [0.29, 0.717) is 37.6 Å². The highest BCUT2D eigenvalue weighted by Crippen LogP contribution is 2.13. The van der Waals surface area contributed by atoms with Crippen LogP contribution in [0, 0.1) is 0 Å². The highest BCUT2D eigenvalue weighted by Gasteiger charge is 2.22. The number of carbonyl (C=O) groups excluding carboxylic acids is 3. The molecule has 9 nitrogen and oxygen atoms in total. The minimum atomic E-state index is -0.804. The molecule has 4 N–H and O–H groups in total. The van der Waals surface area contributed by atoms with Crippen LogP contribution < -0.4 is 20.7 Å². The summed E-state index contributed by atoms with van der Waals surface area (Å²) in [4.78, 5) is 38.4. The van der Waals surface area contributed by atoms with Crippen molar-refractivity contribution in [2.75, 3.05) is 39.5 Å². The van der Waals surface area contributed by atoms with E-state index in [4.69, 9.17) is 14.6 Å². The second-order valence-corrected chi connectivity index (χ2v) is 10.5. The van der Waals surface area contributed by atoms with Crippen LogP contribution >= 0.6 is 0 Å². The van der Waals surface area contributed by atoms with Crippen LogP contribution in [0.2, 0.25) is 0 Å². The Morgan fingerprint density at radius 1 is 0.756 bits per heavy atom.